The number of benzene rings is 2. The van der Waals surface area contributed by atoms with Crippen molar-refractivity contribution in [2.45, 2.75) is 6.54 Å². The summed E-state index contributed by atoms with van der Waals surface area (Å²) in [4.78, 5) is 25.1. The maximum atomic E-state index is 11.5. The van der Waals surface area contributed by atoms with E-state index in [1.165, 1.54) is 5.56 Å². The summed E-state index contributed by atoms with van der Waals surface area (Å²) in [6.45, 7) is 0.597. The maximum absolute atomic E-state index is 11.5. The fourth-order valence-corrected chi connectivity index (χ4v) is 3.64. The Balaban J connectivity index is 1.46. The summed E-state index contributed by atoms with van der Waals surface area (Å²) in [5.74, 6) is 1.35. The van der Waals surface area contributed by atoms with Crippen LogP contribution in [-0.2, 0) is 11.3 Å². The molecule has 9 nitrogen and oxygen atoms in total. The summed E-state index contributed by atoms with van der Waals surface area (Å²) in [5, 5.41) is 5.86. The van der Waals surface area contributed by atoms with E-state index in [1.807, 2.05) is 35.1 Å². The minimum Gasteiger partial charge on any atom is -0.493 e. The lowest BCUT2D eigenvalue weighted by Crippen LogP contribution is -2.24. The van der Waals surface area contributed by atoms with Gasteiger partial charge in [0.2, 0.25) is 0 Å². The van der Waals surface area contributed by atoms with E-state index in [0.717, 1.165) is 22.5 Å². The molecular weight excluding hydrogens is 420 g/mol. The average Bonchev–Trinajstić information content (AvgIpc) is 3.51. The van der Waals surface area contributed by atoms with E-state index in [2.05, 4.69) is 32.7 Å². The molecule has 166 valence electrons. The topological polar surface area (TPSA) is 102 Å². The van der Waals surface area contributed by atoms with Gasteiger partial charge in [-0.1, -0.05) is 12.1 Å². The molecule has 0 unspecified atom stereocenters. The van der Waals surface area contributed by atoms with Crippen molar-refractivity contribution in [1.82, 2.24) is 19.7 Å². The number of likely N-dealkylation sites (N-methyl/N-ethyl adjacent to an activating group) is 1. The monoisotopic (exact) mass is 442 g/mol. The molecule has 0 saturated heterocycles. The van der Waals surface area contributed by atoms with Gasteiger partial charge in [-0.05, 0) is 29.3 Å². The first kappa shape index (κ1) is 20.5. The number of hydrogen-bond donors (Lipinski definition) is 2. The molecule has 1 aliphatic heterocycles. The fourth-order valence-electron chi connectivity index (χ4n) is 3.64. The molecule has 0 spiro atoms. The fraction of sp³-hybridized carbons (Fsp3) is 0.167. The molecule has 0 radical (unpaired) electrons. The number of nitrogens with one attached hydrogen (secondary N) is 2. The van der Waals surface area contributed by atoms with Crippen LogP contribution in [-0.4, -0.2) is 47.3 Å². The van der Waals surface area contributed by atoms with Gasteiger partial charge in [0.15, 0.2) is 29.6 Å². The minimum atomic E-state index is -0.222. The third kappa shape index (κ3) is 4.08. The second kappa shape index (κ2) is 8.62. The molecule has 2 N–H and O–H groups in total. The summed E-state index contributed by atoms with van der Waals surface area (Å²) < 4.78 is 12.9. The van der Waals surface area contributed by atoms with Crippen LogP contribution in [0.25, 0.3) is 16.9 Å². The number of methoxy groups -OCH3 is 1. The molecule has 0 aliphatic carbocycles. The molecule has 2 aromatic carbocycles. The van der Waals surface area contributed by atoms with Gasteiger partial charge in [-0.25, -0.2) is 9.97 Å². The van der Waals surface area contributed by atoms with Crippen LogP contribution < -0.4 is 20.1 Å². The number of ether oxygens (including phenoxy) is 2. The van der Waals surface area contributed by atoms with Crippen LogP contribution in [0.1, 0.15) is 11.1 Å². The highest BCUT2D eigenvalue weighted by atomic mass is 16.5. The number of fused-ring (bicyclic) bond motifs is 2. The van der Waals surface area contributed by atoms with Gasteiger partial charge in [0, 0.05) is 49.2 Å². The first-order valence-corrected chi connectivity index (χ1v) is 10.4. The Morgan fingerprint density at radius 1 is 1.18 bits per heavy atom. The van der Waals surface area contributed by atoms with Crippen molar-refractivity contribution in [2.24, 2.45) is 4.99 Å². The lowest BCUT2D eigenvalue weighted by molar-refractivity contribution is -0.122. The Labute approximate surface area is 190 Å². The van der Waals surface area contributed by atoms with Crippen LogP contribution in [0, 0.1) is 0 Å². The predicted octanol–water partition coefficient (Wildman–Crippen LogP) is 3.21. The smallest absolute Gasteiger partial charge is 0.257 e. The lowest BCUT2D eigenvalue weighted by Gasteiger charge is -2.14. The molecule has 9 heteroatoms. The number of carbonyl (C=O) groups is 1. The molecule has 33 heavy (non-hydrogen) atoms. The van der Waals surface area contributed by atoms with Crippen molar-refractivity contribution in [3.8, 4) is 22.8 Å². The number of amides is 1. The largest absolute Gasteiger partial charge is 0.493 e. The Morgan fingerprint density at radius 2 is 2.09 bits per heavy atom. The number of rotatable bonds is 7. The quantitative estimate of drug-likeness (QED) is 0.456. The highest BCUT2D eigenvalue weighted by molar-refractivity contribution is 5.86. The summed E-state index contributed by atoms with van der Waals surface area (Å²) >= 11 is 0. The van der Waals surface area contributed by atoms with E-state index in [1.54, 1.807) is 32.5 Å². The van der Waals surface area contributed by atoms with Crippen LogP contribution in [0.2, 0.25) is 0 Å². The van der Waals surface area contributed by atoms with Crippen molar-refractivity contribution in [3.05, 3.63) is 66.1 Å². The summed E-state index contributed by atoms with van der Waals surface area (Å²) in [5.41, 5.74) is 5.60. The zero-order valence-electron chi connectivity index (χ0n) is 18.2. The second-order valence-electron chi connectivity index (χ2n) is 7.47. The van der Waals surface area contributed by atoms with Gasteiger partial charge in [0.1, 0.15) is 0 Å². The molecule has 3 heterocycles. The van der Waals surface area contributed by atoms with Crippen LogP contribution in [0.5, 0.6) is 11.5 Å². The average molecular weight is 442 g/mol. The van der Waals surface area contributed by atoms with Gasteiger partial charge in [-0.15, -0.1) is 0 Å². The number of hydrogen-bond acceptors (Lipinski definition) is 7. The van der Waals surface area contributed by atoms with Crippen LogP contribution in [0.3, 0.4) is 0 Å². The Bertz CT molecular complexity index is 1380. The summed E-state index contributed by atoms with van der Waals surface area (Å²) in [6.07, 6.45) is 7.48. The van der Waals surface area contributed by atoms with Crippen molar-refractivity contribution in [1.29, 1.82) is 0 Å². The van der Waals surface area contributed by atoms with Crippen molar-refractivity contribution < 1.29 is 14.3 Å². The van der Waals surface area contributed by atoms with Crippen molar-refractivity contribution in [2.75, 3.05) is 26.1 Å². The van der Waals surface area contributed by atoms with Crippen LogP contribution in [0.4, 0.5) is 11.5 Å². The molecule has 0 bridgehead atoms. The van der Waals surface area contributed by atoms with E-state index in [9.17, 15) is 4.79 Å². The zero-order chi connectivity index (χ0) is 22.8. The molecule has 0 atom stereocenters. The third-order valence-electron chi connectivity index (χ3n) is 5.37. The maximum Gasteiger partial charge on any atom is 0.257 e. The van der Waals surface area contributed by atoms with Gasteiger partial charge in [0.25, 0.3) is 5.91 Å². The molecule has 1 aliphatic rings. The molecule has 0 fully saturated rings. The van der Waals surface area contributed by atoms with Crippen LogP contribution in [0.15, 0.2) is 60.0 Å². The van der Waals surface area contributed by atoms with E-state index in [0.29, 0.717) is 29.5 Å². The molecule has 5 rings (SSSR count). The van der Waals surface area contributed by atoms with Gasteiger partial charge < -0.3 is 24.5 Å². The Morgan fingerprint density at radius 3 is 2.94 bits per heavy atom. The second-order valence-corrected chi connectivity index (χ2v) is 7.47. The van der Waals surface area contributed by atoms with Crippen molar-refractivity contribution >= 4 is 29.3 Å². The number of carbonyl (C=O) groups excluding carboxylic acids is 1. The molecular formula is C24H22N6O3. The number of anilines is 2. The zero-order valence-corrected chi connectivity index (χ0v) is 18.2. The van der Waals surface area contributed by atoms with E-state index in [4.69, 9.17) is 14.5 Å². The number of aliphatic imine (C=N–C) groups is 1. The third-order valence-corrected chi connectivity index (χ3v) is 5.37. The van der Waals surface area contributed by atoms with E-state index in [-0.39, 0.29) is 12.5 Å². The Hall–Kier alpha value is -4.40. The van der Waals surface area contributed by atoms with Gasteiger partial charge in [-0.3, -0.25) is 9.79 Å². The number of aromatic nitrogens is 3. The normalized spacial score (nSPS) is 11.9. The van der Waals surface area contributed by atoms with E-state index < -0.39 is 0 Å². The van der Waals surface area contributed by atoms with Gasteiger partial charge in [0.05, 0.1) is 19.3 Å². The standard InChI is InChI=1S/C24H22N6O3/c1-25-22(31)14-33-20-6-5-18(10-21(20)32-2)28-23-24-27-7-8-30(24)13-19(29-23)15-3-4-16-11-26-12-17(16)9-15/h3-11,13H,12,14H2,1-2H3,(H,25,31)(H,28,29). The van der Waals surface area contributed by atoms with E-state index >= 15 is 0 Å². The Kier molecular flexibility index (Phi) is 5.35. The number of imidazole rings is 1. The minimum absolute atomic E-state index is 0.0935. The molecule has 1 amide bonds. The first-order chi connectivity index (χ1) is 16.1. The first-order valence-electron chi connectivity index (χ1n) is 10.4. The lowest BCUT2D eigenvalue weighted by atomic mass is 10.0. The predicted molar refractivity (Wildman–Crippen MR) is 126 cm³/mol. The number of nitrogens with zero attached hydrogens (tertiary/aromatic N) is 4. The summed E-state index contributed by atoms with van der Waals surface area (Å²) in [7, 11) is 3.11. The SMILES string of the molecule is CNC(=O)COc1ccc(Nc2nc(-c3ccc4c(c3)CN=C4)cn3ccnc23)cc1OC. The molecule has 0 saturated carbocycles. The van der Waals surface area contributed by atoms with Gasteiger partial charge >= 0.3 is 0 Å². The molecule has 4 aromatic rings. The highest BCUT2D eigenvalue weighted by Crippen LogP contribution is 2.33. The van der Waals surface area contributed by atoms with Gasteiger partial charge in [-0.2, -0.15) is 0 Å². The highest BCUT2D eigenvalue weighted by Gasteiger charge is 2.14. The van der Waals surface area contributed by atoms with Crippen LogP contribution >= 0.6 is 0 Å². The van der Waals surface area contributed by atoms with Crippen molar-refractivity contribution in [3.63, 3.8) is 0 Å². The molecule has 2 aromatic heterocycles. The summed E-state index contributed by atoms with van der Waals surface area (Å²) in [6, 6.07) is 11.6.